The fourth-order valence-corrected chi connectivity index (χ4v) is 7.94. The normalized spacial score (nSPS) is 30.2. The number of benzene rings is 2. The van der Waals surface area contributed by atoms with Crippen molar-refractivity contribution in [2.24, 2.45) is 11.8 Å². The van der Waals surface area contributed by atoms with E-state index in [1.807, 2.05) is 85.0 Å². The zero-order chi connectivity index (χ0) is 31.7. The van der Waals surface area contributed by atoms with Crippen molar-refractivity contribution >= 4 is 17.7 Å². The Hall–Kier alpha value is -3.83. The highest BCUT2D eigenvalue weighted by Gasteiger charge is 2.72. The number of amides is 3. The highest BCUT2D eigenvalue weighted by atomic mass is 16.5. The van der Waals surface area contributed by atoms with Gasteiger partial charge in [-0.15, -0.1) is 0 Å². The quantitative estimate of drug-likeness (QED) is 0.421. The SMILES string of the molecule is O=C1C2N([C@@H](CO)Cc3ccccc3)C(=O)[C@@H]3[C@H]4C(=O)N(Cc5ccccc5)CC=C[C@H]4O[C@]23C=CCN1CCN1CCOCC1. The Morgan fingerprint density at radius 3 is 2.24 bits per heavy atom. The summed E-state index contributed by atoms with van der Waals surface area (Å²) in [4.78, 5) is 51.3. The number of likely N-dealkylation sites (tertiary alicyclic amines) is 1. The van der Waals surface area contributed by atoms with Crippen molar-refractivity contribution in [3.63, 3.8) is 0 Å². The summed E-state index contributed by atoms with van der Waals surface area (Å²) in [6.07, 6.45) is 7.35. The fraction of sp³-hybridized carbons (Fsp3) is 0.472. The molecule has 1 spiro atoms. The highest BCUT2D eigenvalue weighted by Crippen LogP contribution is 2.54. The summed E-state index contributed by atoms with van der Waals surface area (Å²) in [7, 11) is 0. The van der Waals surface area contributed by atoms with Gasteiger partial charge in [0.2, 0.25) is 17.7 Å². The molecule has 10 nitrogen and oxygen atoms in total. The molecule has 2 aromatic carbocycles. The van der Waals surface area contributed by atoms with Crippen LogP contribution in [0.5, 0.6) is 0 Å². The largest absolute Gasteiger partial charge is 0.394 e. The Kier molecular flexibility index (Phi) is 8.78. The second kappa shape index (κ2) is 13.1. The Morgan fingerprint density at radius 2 is 1.52 bits per heavy atom. The average Bonchev–Trinajstić information content (AvgIpc) is 3.42. The number of nitrogens with zero attached hydrogens (tertiary/aromatic N) is 4. The highest BCUT2D eigenvalue weighted by molar-refractivity contribution is 6.00. The van der Waals surface area contributed by atoms with E-state index in [1.165, 1.54) is 0 Å². The Labute approximate surface area is 269 Å². The van der Waals surface area contributed by atoms with Crippen LogP contribution in [0.3, 0.4) is 0 Å². The van der Waals surface area contributed by atoms with E-state index in [0.29, 0.717) is 52.4 Å². The predicted molar refractivity (Wildman–Crippen MR) is 170 cm³/mol. The van der Waals surface area contributed by atoms with Crippen LogP contribution in [0, 0.1) is 11.8 Å². The number of fused-ring (bicyclic) bond motifs is 2. The first-order valence-corrected chi connectivity index (χ1v) is 16.4. The van der Waals surface area contributed by atoms with Gasteiger partial charge >= 0.3 is 0 Å². The monoisotopic (exact) mass is 626 g/mol. The third-order valence-electron chi connectivity index (χ3n) is 10.2. The molecule has 2 aromatic rings. The van der Waals surface area contributed by atoms with Gasteiger partial charge in [0.05, 0.1) is 43.8 Å². The number of rotatable bonds is 9. The van der Waals surface area contributed by atoms with Crippen molar-refractivity contribution < 1.29 is 29.0 Å². The van der Waals surface area contributed by atoms with Gasteiger partial charge in [-0.05, 0) is 17.5 Å². The van der Waals surface area contributed by atoms with E-state index in [-0.39, 0.29) is 24.3 Å². The molecule has 6 atom stereocenters. The molecule has 1 unspecified atom stereocenters. The van der Waals surface area contributed by atoms with Crippen LogP contribution in [0.2, 0.25) is 0 Å². The third-order valence-corrected chi connectivity index (χ3v) is 10.2. The third kappa shape index (κ3) is 5.57. The number of hydrogen-bond acceptors (Lipinski definition) is 7. The van der Waals surface area contributed by atoms with E-state index < -0.39 is 35.6 Å². The van der Waals surface area contributed by atoms with Crippen LogP contribution in [0.4, 0.5) is 0 Å². The first-order chi connectivity index (χ1) is 22.5. The van der Waals surface area contributed by atoms with Crippen molar-refractivity contribution in [1.82, 2.24) is 19.6 Å². The average molecular weight is 627 g/mol. The van der Waals surface area contributed by atoms with Gasteiger partial charge in [-0.1, -0.05) is 85.0 Å². The van der Waals surface area contributed by atoms with Crippen LogP contribution < -0.4 is 0 Å². The molecule has 7 rings (SSSR count). The Bertz CT molecular complexity index is 1480. The predicted octanol–water partition coefficient (Wildman–Crippen LogP) is 1.50. The minimum atomic E-state index is -1.34. The lowest BCUT2D eigenvalue weighted by molar-refractivity contribution is -0.151. The van der Waals surface area contributed by atoms with Gasteiger partial charge in [0.25, 0.3) is 0 Å². The molecular formula is C36H42N4O6. The van der Waals surface area contributed by atoms with Crippen LogP contribution in [-0.2, 0) is 36.8 Å². The van der Waals surface area contributed by atoms with Gasteiger partial charge in [0, 0.05) is 45.8 Å². The van der Waals surface area contributed by atoms with E-state index in [9.17, 15) is 19.5 Å². The lowest BCUT2D eigenvalue weighted by Crippen LogP contribution is -2.59. The molecular weight excluding hydrogens is 584 g/mol. The van der Waals surface area contributed by atoms with Gasteiger partial charge in [-0.2, -0.15) is 0 Å². The number of aliphatic hydroxyl groups is 1. The fourth-order valence-electron chi connectivity index (χ4n) is 7.94. The van der Waals surface area contributed by atoms with Crippen LogP contribution in [0.15, 0.2) is 85.0 Å². The van der Waals surface area contributed by atoms with E-state index in [1.54, 1.807) is 14.7 Å². The van der Waals surface area contributed by atoms with Crippen LogP contribution in [0.25, 0.3) is 0 Å². The number of carbonyl (C=O) groups is 3. The Balaban J connectivity index is 1.24. The molecule has 0 aromatic heterocycles. The number of ether oxygens (including phenoxy) is 2. The van der Waals surface area contributed by atoms with E-state index in [0.717, 1.165) is 24.2 Å². The molecule has 3 fully saturated rings. The molecule has 5 heterocycles. The van der Waals surface area contributed by atoms with Crippen molar-refractivity contribution in [1.29, 1.82) is 0 Å². The molecule has 3 amide bonds. The first-order valence-electron chi connectivity index (χ1n) is 16.4. The topological polar surface area (TPSA) is 103 Å². The Morgan fingerprint density at radius 1 is 0.826 bits per heavy atom. The number of morpholine rings is 1. The molecule has 0 saturated carbocycles. The van der Waals surface area contributed by atoms with E-state index >= 15 is 0 Å². The van der Waals surface area contributed by atoms with Crippen molar-refractivity contribution in [2.75, 3.05) is 59.1 Å². The molecule has 3 saturated heterocycles. The molecule has 1 N–H and O–H groups in total. The van der Waals surface area contributed by atoms with E-state index in [2.05, 4.69) is 4.90 Å². The van der Waals surface area contributed by atoms with Crippen molar-refractivity contribution in [2.45, 2.75) is 36.8 Å². The lowest BCUT2D eigenvalue weighted by Gasteiger charge is -2.39. The van der Waals surface area contributed by atoms with Crippen molar-refractivity contribution in [3.05, 3.63) is 96.1 Å². The van der Waals surface area contributed by atoms with Gasteiger partial charge in [0.15, 0.2) is 0 Å². The van der Waals surface area contributed by atoms with Gasteiger partial charge in [0.1, 0.15) is 11.6 Å². The summed E-state index contributed by atoms with van der Waals surface area (Å²) >= 11 is 0. The van der Waals surface area contributed by atoms with Crippen LogP contribution in [-0.4, -0.2) is 125 Å². The molecule has 10 heteroatoms. The van der Waals surface area contributed by atoms with Gasteiger partial charge in [-0.25, -0.2) is 0 Å². The van der Waals surface area contributed by atoms with E-state index in [4.69, 9.17) is 9.47 Å². The molecule has 0 bridgehead atoms. The molecule has 5 aliphatic rings. The second-order valence-electron chi connectivity index (χ2n) is 12.9. The summed E-state index contributed by atoms with van der Waals surface area (Å²) in [5.74, 6) is -2.39. The van der Waals surface area contributed by atoms with Gasteiger partial charge in [-0.3, -0.25) is 19.3 Å². The first kappa shape index (κ1) is 30.8. The maximum Gasteiger partial charge on any atom is 0.249 e. The molecule has 242 valence electrons. The lowest BCUT2D eigenvalue weighted by atomic mass is 9.77. The molecule has 5 aliphatic heterocycles. The second-order valence-corrected chi connectivity index (χ2v) is 12.9. The zero-order valence-electron chi connectivity index (χ0n) is 26.0. The summed E-state index contributed by atoms with van der Waals surface area (Å²) in [6, 6.07) is 17.8. The maximum absolute atomic E-state index is 14.8. The number of carbonyl (C=O) groups excluding carboxylic acids is 3. The minimum Gasteiger partial charge on any atom is -0.394 e. The molecule has 0 aliphatic carbocycles. The standard InChI is InChI=1S/C36H42N4O6/c41-25-28(23-26-9-3-1-4-10-26)40-32-35(44)38(18-17-37-19-21-45-22-20-37)16-8-14-36(32)31(34(40)43)30-29(46-36)13-7-15-39(33(30)42)24-27-11-5-2-6-12-27/h1-14,28-32,41H,15-25H2/t28-,29-,30+,31+,32?,36+/m1/s1. The zero-order valence-corrected chi connectivity index (χ0v) is 26.0. The minimum absolute atomic E-state index is 0.160. The number of aliphatic hydroxyl groups excluding tert-OH is 1. The van der Waals surface area contributed by atoms with Gasteiger partial charge < -0.3 is 29.3 Å². The smallest absolute Gasteiger partial charge is 0.249 e. The summed E-state index contributed by atoms with van der Waals surface area (Å²) < 4.78 is 12.3. The summed E-state index contributed by atoms with van der Waals surface area (Å²) in [5.41, 5.74) is 0.608. The molecule has 46 heavy (non-hydrogen) atoms. The number of hydrogen-bond donors (Lipinski definition) is 1. The van der Waals surface area contributed by atoms with Crippen LogP contribution in [0.1, 0.15) is 11.1 Å². The summed E-state index contributed by atoms with van der Waals surface area (Å²) in [6.45, 7) is 4.99. The summed E-state index contributed by atoms with van der Waals surface area (Å²) in [5, 5.41) is 10.8. The van der Waals surface area contributed by atoms with Crippen molar-refractivity contribution in [3.8, 4) is 0 Å². The van der Waals surface area contributed by atoms with Crippen LogP contribution >= 0.6 is 0 Å². The molecule has 0 radical (unpaired) electrons. The maximum atomic E-state index is 14.8.